The van der Waals surface area contributed by atoms with E-state index in [-0.39, 0.29) is 23.8 Å². The molecule has 1 aromatic heterocycles. The van der Waals surface area contributed by atoms with Crippen molar-refractivity contribution in [1.29, 1.82) is 0 Å². The minimum atomic E-state index is -0.299. The number of hydrogen-bond donors (Lipinski definition) is 1. The second-order valence-corrected chi connectivity index (χ2v) is 3.78. The molecule has 0 aliphatic carbocycles. The van der Waals surface area contributed by atoms with Gasteiger partial charge in [-0.2, -0.15) is 0 Å². The lowest BCUT2D eigenvalue weighted by Crippen LogP contribution is -2.32. The summed E-state index contributed by atoms with van der Waals surface area (Å²) >= 11 is 0. The van der Waals surface area contributed by atoms with Crippen LogP contribution in [0.4, 0.5) is 5.69 Å². The van der Waals surface area contributed by atoms with E-state index in [0.29, 0.717) is 13.1 Å². The van der Waals surface area contributed by atoms with Gasteiger partial charge in [0, 0.05) is 19.3 Å². The van der Waals surface area contributed by atoms with Gasteiger partial charge >= 0.3 is 5.97 Å². The summed E-state index contributed by atoms with van der Waals surface area (Å²) in [7, 11) is 3.13. The number of nitrogens with two attached hydrogens (primary N) is 1. The zero-order valence-corrected chi connectivity index (χ0v) is 10.0. The molecule has 94 valence electrons. The van der Waals surface area contributed by atoms with Gasteiger partial charge in [0.05, 0.1) is 19.3 Å². The molecule has 1 aromatic rings. The first-order valence-corrected chi connectivity index (χ1v) is 5.25. The van der Waals surface area contributed by atoms with Crippen molar-refractivity contribution < 1.29 is 9.53 Å². The van der Waals surface area contributed by atoms with E-state index in [0.717, 1.165) is 0 Å². The third kappa shape index (κ3) is 3.92. The van der Waals surface area contributed by atoms with Crippen molar-refractivity contribution in [2.75, 3.05) is 33.0 Å². The Morgan fingerprint density at radius 3 is 2.94 bits per heavy atom. The van der Waals surface area contributed by atoms with Crippen LogP contribution in [0.15, 0.2) is 23.1 Å². The smallest absolute Gasteiger partial charge is 0.319 e. The summed E-state index contributed by atoms with van der Waals surface area (Å²) in [5.41, 5.74) is 5.52. The number of esters is 1. The molecule has 0 amide bonds. The van der Waals surface area contributed by atoms with Crippen molar-refractivity contribution in [2.45, 2.75) is 6.54 Å². The van der Waals surface area contributed by atoms with Gasteiger partial charge in [0.1, 0.15) is 0 Å². The molecule has 0 aromatic carbocycles. The van der Waals surface area contributed by atoms with Crippen LogP contribution >= 0.6 is 0 Å². The first kappa shape index (κ1) is 13.2. The van der Waals surface area contributed by atoms with Crippen LogP contribution in [0.25, 0.3) is 0 Å². The number of rotatable bonds is 5. The topological polar surface area (TPSA) is 77.6 Å². The van der Waals surface area contributed by atoms with Gasteiger partial charge < -0.3 is 15.0 Å². The number of nitrogens with zero attached hydrogens (tertiary/aromatic N) is 2. The molecule has 0 saturated carbocycles. The van der Waals surface area contributed by atoms with Crippen LogP contribution < -0.4 is 11.3 Å². The van der Waals surface area contributed by atoms with Crippen molar-refractivity contribution in [3.63, 3.8) is 0 Å². The van der Waals surface area contributed by atoms with Gasteiger partial charge in [-0.3, -0.25) is 14.5 Å². The lowest BCUT2D eigenvalue weighted by molar-refractivity contribution is -0.141. The summed E-state index contributed by atoms with van der Waals surface area (Å²) in [5, 5.41) is 0. The molecule has 0 atom stereocenters. The molecule has 2 N–H and O–H groups in total. The second kappa shape index (κ2) is 6.05. The zero-order valence-electron chi connectivity index (χ0n) is 10.0. The van der Waals surface area contributed by atoms with E-state index in [1.165, 1.54) is 11.7 Å². The Morgan fingerprint density at radius 2 is 2.29 bits per heavy atom. The molecular weight excluding hydrogens is 222 g/mol. The lowest BCUT2D eigenvalue weighted by Gasteiger charge is -2.15. The van der Waals surface area contributed by atoms with Crippen molar-refractivity contribution >= 4 is 11.7 Å². The Kier molecular flexibility index (Phi) is 4.71. The summed E-state index contributed by atoms with van der Waals surface area (Å²) in [4.78, 5) is 24.4. The van der Waals surface area contributed by atoms with Crippen LogP contribution in [0.5, 0.6) is 0 Å². The molecule has 6 heteroatoms. The highest BCUT2D eigenvalue weighted by Crippen LogP contribution is 1.93. The normalized spacial score (nSPS) is 10.5. The minimum absolute atomic E-state index is 0.202. The Morgan fingerprint density at radius 1 is 1.59 bits per heavy atom. The van der Waals surface area contributed by atoms with E-state index in [1.807, 2.05) is 0 Å². The molecule has 6 nitrogen and oxygen atoms in total. The van der Waals surface area contributed by atoms with Crippen LogP contribution in [0, 0.1) is 0 Å². The molecular formula is C11H17N3O3. The molecule has 0 fully saturated rings. The summed E-state index contributed by atoms with van der Waals surface area (Å²) in [6.45, 7) is 1.25. The van der Waals surface area contributed by atoms with Crippen molar-refractivity contribution in [3.8, 4) is 0 Å². The molecule has 17 heavy (non-hydrogen) atoms. The van der Waals surface area contributed by atoms with E-state index in [4.69, 9.17) is 5.73 Å². The number of aromatic nitrogens is 1. The lowest BCUT2D eigenvalue weighted by atomic mass is 10.4. The predicted octanol–water partition coefficient (Wildman–Crippen LogP) is -0.465. The van der Waals surface area contributed by atoms with Crippen molar-refractivity contribution in [1.82, 2.24) is 9.47 Å². The molecule has 0 bridgehead atoms. The van der Waals surface area contributed by atoms with E-state index in [9.17, 15) is 9.59 Å². The number of hydrogen-bond acceptors (Lipinski definition) is 5. The van der Waals surface area contributed by atoms with Gasteiger partial charge in [0.2, 0.25) is 0 Å². The molecule has 1 heterocycles. The maximum absolute atomic E-state index is 11.6. The fraction of sp³-hybridized carbons (Fsp3) is 0.455. The number of nitrogen functional groups attached to an aromatic ring is 1. The maximum atomic E-state index is 11.6. The van der Waals surface area contributed by atoms with Crippen LogP contribution in [-0.2, 0) is 16.1 Å². The largest absolute Gasteiger partial charge is 0.468 e. The molecule has 0 unspecified atom stereocenters. The summed E-state index contributed by atoms with van der Waals surface area (Å²) in [6, 6.07) is 3.29. The zero-order chi connectivity index (χ0) is 12.8. The molecule has 0 radical (unpaired) electrons. The summed E-state index contributed by atoms with van der Waals surface area (Å²) in [6.07, 6.45) is 1.67. The third-order valence-electron chi connectivity index (χ3n) is 2.40. The highest BCUT2D eigenvalue weighted by atomic mass is 16.5. The number of anilines is 1. The molecule has 0 saturated heterocycles. The van der Waals surface area contributed by atoms with Gasteiger partial charge in [0.15, 0.2) is 0 Å². The van der Waals surface area contributed by atoms with Gasteiger partial charge in [-0.25, -0.2) is 0 Å². The second-order valence-electron chi connectivity index (χ2n) is 3.78. The fourth-order valence-electron chi connectivity index (χ4n) is 1.37. The van der Waals surface area contributed by atoms with Crippen LogP contribution in [0.3, 0.4) is 0 Å². The average Bonchev–Trinajstić information content (AvgIpc) is 2.31. The standard InChI is InChI=1S/C11H17N3O3/c1-13(8-10(15)17-2)6-7-14-5-3-4-9(12)11(14)16/h3-5H,6-8,12H2,1-2H3. The van der Waals surface area contributed by atoms with E-state index >= 15 is 0 Å². The van der Waals surface area contributed by atoms with Gasteiger partial charge in [-0.1, -0.05) is 0 Å². The summed E-state index contributed by atoms with van der Waals surface area (Å²) < 4.78 is 6.06. The van der Waals surface area contributed by atoms with Gasteiger partial charge in [-0.05, 0) is 19.2 Å². The van der Waals surface area contributed by atoms with Crippen molar-refractivity contribution in [2.24, 2.45) is 0 Å². The average molecular weight is 239 g/mol. The quantitative estimate of drug-likeness (QED) is 0.703. The Balaban J connectivity index is 2.53. The maximum Gasteiger partial charge on any atom is 0.319 e. The molecule has 0 spiro atoms. The van der Waals surface area contributed by atoms with Crippen LogP contribution in [-0.4, -0.2) is 42.7 Å². The van der Waals surface area contributed by atoms with Crippen LogP contribution in [0.1, 0.15) is 0 Å². The van der Waals surface area contributed by atoms with E-state index < -0.39 is 0 Å². The van der Waals surface area contributed by atoms with E-state index in [2.05, 4.69) is 4.74 Å². The molecule has 1 rings (SSSR count). The first-order chi connectivity index (χ1) is 8.04. The Labute approximate surface area is 99.6 Å². The first-order valence-electron chi connectivity index (χ1n) is 5.25. The monoisotopic (exact) mass is 239 g/mol. The third-order valence-corrected chi connectivity index (χ3v) is 2.40. The number of ether oxygens (including phenoxy) is 1. The Bertz CT molecular complexity index is 442. The Hall–Kier alpha value is -1.82. The number of carbonyl (C=O) groups is 1. The summed E-state index contributed by atoms with van der Waals surface area (Å²) in [5.74, 6) is -0.299. The number of likely N-dealkylation sites (N-methyl/N-ethyl adjacent to an activating group) is 1. The van der Waals surface area contributed by atoms with Crippen molar-refractivity contribution in [3.05, 3.63) is 28.7 Å². The fourth-order valence-corrected chi connectivity index (χ4v) is 1.37. The van der Waals surface area contributed by atoms with Crippen LogP contribution in [0.2, 0.25) is 0 Å². The predicted molar refractivity (Wildman–Crippen MR) is 64.6 cm³/mol. The number of methoxy groups -OCH3 is 1. The minimum Gasteiger partial charge on any atom is -0.468 e. The molecule has 0 aliphatic heterocycles. The SMILES string of the molecule is COC(=O)CN(C)CCn1cccc(N)c1=O. The van der Waals surface area contributed by atoms with E-state index in [1.54, 1.807) is 30.3 Å². The number of pyridine rings is 1. The number of carbonyl (C=O) groups excluding carboxylic acids is 1. The highest BCUT2D eigenvalue weighted by Gasteiger charge is 2.06. The van der Waals surface area contributed by atoms with Gasteiger partial charge in [-0.15, -0.1) is 0 Å². The highest BCUT2D eigenvalue weighted by molar-refractivity contribution is 5.71. The van der Waals surface area contributed by atoms with Gasteiger partial charge in [0.25, 0.3) is 5.56 Å². The molecule has 0 aliphatic rings.